The Morgan fingerprint density at radius 2 is 1.52 bits per heavy atom. The fourth-order valence-corrected chi connectivity index (χ4v) is 2.75. The molecule has 104 valence electrons. The van der Waals surface area contributed by atoms with Gasteiger partial charge < -0.3 is 14.6 Å². The van der Waals surface area contributed by atoms with Crippen LogP contribution in [0.3, 0.4) is 0 Å². The fourth-order valence-electron chi connectivity index (χ4n) is 2.75. The monoisotopic (exact) mass is 279 g/mol. The molecule has 0 atom stereocenters. The quantitative estimate of drug-likeness (QED) is 0.873. The predicted octanol–water partition coefficient (Wildman–Crippen LogP) is 2.97. The summed E-state index contributed by atoms with van der Waals surface area (Å²) in [5, 5.41) is 11.4. The van der Waals surface area contributed by atoms with Crippen LogP contribution in [0.15, 0.2) is 65.9 Å². The first-order valence-electron chi connectivity index (χ1n) is 6.69. The van der Waals surface area contributed by atoms with Gasteiger partial charge in [-0.15, -0.1) is 0 Å². The molecule has 0 spiro atoms. The van der Waals surface area contributed by atoms with Gasteiger partial charge in [-0.2, -0.15) is 0 Å². The van der Waals surface area contributed by atoms with Crippen molar-refractivity contribution in [1.82, 2.24) is 0 Å². The smallest absolute Gasteiger partial charge is 0.232 e. The molecule has 0 aromatic heterocycles. The molecule has 1 N–H and O–H groups in total. The van der Waals surface area contributed by atoms with Gasteiger partial charge in [0, 0.05) is 11.1 Å². The Morgan fingerprint density at radius 1 is 0.952 bits per heavy atom. The van der Waals surface area contributed by atoms with Crippen LogP contribution in [0.2, 0.25) is 0 Å². The minimum atomic E-state index is -1.45. The van der Waals surface area contributed by atoms with Crippen molar-refractivity contribution in [2.45, 2.75) is 5.60 Å². The van der Waals surface area contributed by atoms with Crippen LogP contribution in [0.5, 0.6) is 11.5 Å². The highest BCUT2D eigenvalue weighted by atomic mass is 16.5. The van der Waals surface area contributed by atoms with Gasteiger partial charge in [-0.25, -0.2) is 4.99 Å². The van der Waals surface area contributed by atoms with E-state index in [0.717, 1.165) is 0 Å². The zero-order chi connectivity index (χ0) is 14.4. The average Bonchev–Trinajstić information content (AvgIpc) is 2.95. The van der Waals surface area contributed by atoms with Crippen LogP contribution in [0.4, 0.5) is 0 Å². The number of aliphatic imine (C=N–C) groups is 1. The molecule has 4 heteroatoms. The van der Waals surface area contributed by atoms with Crippen LogP contribution in [-0.4, -0.2) is 17.5 Å². The summed E-state index contributed by atoms with van der Waals surface area (Å²) < 4.78 is 11.4. The van der Waals surface area contributed by atoms with Crippen molar-refractivity contribution in [2.24, 2.45) is 4.99 Å². The molecule has 0 amide bonds. The van der Waals surface area contributed by atoms with Gasteiger partial charge in [0.25, 0.3) is 0 Å². The second kappa shape index (κ2) is 4.20. The third-order valence-electron chi connectivity index (χ3n) is 3.72. The van der Waals surface area contributed by atoms with Crippen LogP contribution in [-0.2, 0) is 10.3 Å². The number of hydrogen-bond donors (Lipinski definition) is 1. The van der Waals surface area contributed by atoms with E-state index in [1.165, 1.54) is 0 Å². The third-order valence-corrected chi connectivity index (χ3v) is 3.72. The van der Waals surface area contributed by atoms with Gasteiger partial charge in [0.05, 0.1) is 0 Å². The first-order valence-corrected chi connectivity index (χ1v) is 6.69. The zero-order valence-corrected chi connectivity index (χ0v) is 11.2. The third kappa shape index (κ3) is 1.63. The summed E-state index contributed by atoms with van der Waals surface area (Å²) in [4.78, 5) is 4.30. The van der Waals surface area contributed by atoms with Gasteiger partial charge in [0.2, 0.25) is 5.90 Å². The molecule has 21 heavy (non-hydrogen) atoms. The van der Waals surface area contributed by atoms with Crippen molar-refractivity contribution in [2.75, 3.05) is 6.54 Å². The molecule has 0 fully saturated rings. The Hall–Kier alpha value is -2.59. The van der Waals surface area contributed by atoms with Crippen LogP contribution < -0.4 is 4.74 Å². The van der Waals surface area contributed by atoms with E-state index in [9.17, 15) is 5.11 Å². The van der Waals surface area contributed by atoms with E-state index < -0.39 is 5.60 Å². The van der Waals surface area contributed by atoms with E-state index in [0.29, 0.717) is 34.9 Å². The normalized spacial score (nSPS) is 18.1. The summed E-state index contributed by atoms with van der Waals surface area (Å²) in [6.07, 6.45) is 0. The molecule has 2 aliphatic rings. The topological polar surface area (TPSA) is 51.1 Å². The summed E-state index contributed by atoms with van der Waals surface area (Å²) in [7, 11) is 0. The molecular weight excluding hydrogens is 266 g/mol. The van der Waals surface area contributed by atoms with E-state index in [1.54, 1.807) is 0 Å². The average molecular weight is 279 g/mol. The van der Waals surface area contributed by atoms with Gasteiger partial charge in [-0.3, -0.25) is 0 Å². The lowest BCUT2D eigenvalue weighted by Gasteiger charge is -2.34. The largest absolute Gasteiger partial charge is 0.457 e. The lowest BCUT2D eigenvalue weighted by Crippen LogP contribution is -2.39. The molecule has 4 rings (SSSR count). The number of para-hydroxylation sites is 2. The molecule has 2 aromatic rings. The molecule has 0 bridgehead atoms. The Labute approximate surface area is 122 Å². The number of hydrogen-bond acceptors (Lipinski definition) is 4. The van der Waals surface area contributed by atoms with Gasteiger partial charge in [0.1, 0.15) is 23.8 Å². The molecule has 2 aromatic carbocycles. The lowest BCUT2D eigenvalue weighted by atomic mass is 9.83. The molecule has 0 radical (unpaired) electrons. The number of benzene rings is 2. The molecule has 4 nitrogen and oxygen atoms in total. The highest BCUT2D eigenvalue weighted by Crippen LogP contribution is 2.48. The Kier molecular flexibility index (Phi) is 2.43. The van der Waals surface area contributed by atoms with Gasteiger partial charge in [0.15, 0.2) is 5.60 Å². The number of nitrogens with zero attached hydrogens (tertiary/aromatic N) is 1. The maximum absolute atomic E-state index is 11.4. The minimum Gasteiger partial charge on any atom is -0.457 e. The van der Waals surface area contributed by atoms with Crippen molar-refractivity contribution in [1.29, 1.82) is 0 Å². The molecule has 0 aliphatic carbocycles. The van der Waals surface area contributed by atoms with E-state index in [-0.39, 0.29) is 5.90 Å². The lowest BCUT2D eigenvalue weighted by molar-refractivity contribution is 0.118. The van der Waals surface area contributed by atoms with Crippen LogP contribution in [0.1, 0.15) is 11.1 Å². The van der Waals surface area contributed by atoms with Crippen molar-refractivity contribution in [3.63, 3.8) is 0 Å². The van der Waals surface area contributed by atoms with Crippen molar-refractivity contribution in [3.05, 3.63) is 72.0 Å². The first-order chi connectivity index (χ1) is 10.2. The highest BCUT2D eigenvalue weighted by Gasteiger charge is 2.47. The molecule has 0 saturated heterocycles. The SMILES string of the molecule is C=C1CN=C(C2(O)c3ccccc3Oc3ccccc32)O1. The molecule has 0 unspecified atom stereocenters. The maximum Gasteiger partial charge on any atom is 0.232 e. The summed E-state index contributed by atoms with van der Waals surface area (Å²) >= 11 is 0. The fraction of sp³-hybridized carbons (Fsp3) is 0.118. The zero-order valence-electron chi connectivity index (χ0n) is 11.2. The molecule has 0 saturated carbocycles. The minimum absolute atomic E-state index is 0.246. The number of aliphatic hydroxyl groups is 1. The van der Waals surface area contributed by atoms with Crippen LogP contribution in [0, 0.1) is 0 Å². The highest BCUT2D eigenvalue weighted by molar-refractivity contribution is 5.94. The van der Waals surface area contributed by atoms with Crippen molar-refractivity contribution < 1.29 is 14.6 Å². The molecular formula is C17H13NO3. The standard InChI is InChI=1S/C17H13NO3/c1-11-10-18-16(20-11)17(19)12-6-2-4-8-14(12)21-15-9-5-3-7-13(15)17/h2-9,19H,1,10H2. The van der Waals surface area contributed by atoms with Gasteiger partial charge >= 0.3 is 0 Å². The first kappa shape index (κ1) is 12.2. The number of rotatable bonds is 1. The van der Waals surface area contributed by atoms with E-state index in [4.69, 9.17) is 9.47 Å². The Bertz CT molecular complexity index is 734. The van der Waals surface area contributed by atoms with Crippen LogP contribution in [0.25, 0.3) is 0 Å². The summed E-state index contributed by atoms with van der Waals surface area (Å²) in [5.41, 5.74) is -0.209. The van der Waals surface area contributed by atoms with E-state index in [1.807, 2.05) is 48.5 Å². The Morgan fingerprint density at radius 3 is 2.05 bits per heavy atom. The van der Waals surface area contributed by atoms with E-state index in [2.05, 4.69) is 11.6 Å². The maximum atomic E-state index is 11.4. The van der Waals surface area contributed by atoms with Gasteiger partial charge in [-0.05, 0) is 12.1 Å². The van der Waals surface area contributed by atoms with Crippen molar-refractivity contribution >= 4 is 5.90 Å². The van der Waals surface area contributed by atoms with Crippen molar-refractivity contribution in [3.8, 4) is 11.5 Å². The second-order valence-corrected chi connectivity index (χ2v) is 5.07. The predicted molar refractivity (Wildman–Crippen MR) is 78.5 cm³/mol. The molecule has 2 aliphatic heterocycles. The van der Waals surface area contributed by atoms with Crippen LogP contribution >= 0.6 is 0 Å². The Balaban J connectivity index is 1.99. The summed E-state index contributed by atoms with van der Waals surface area (Å²) in [6, 6.07) is 14.7. The van der Waals surface area contributed by atoms with Gasteiger partial charge in [-0.1, -0.05) is 43.0 Å². The molecule has 2 heterocycles. The van der Waals surface area contributed by atoms with E-state index >= 15 is 0 Å². The number of fused-ring (bicyclic) bond motifs is 2. The summed E-state index contributed by atoms with van der Waals surface area (Å²) in [5.74, 6) is 1.97. The second-order valence-electron chi connectivity index (χ2n) is 5.07. The number of ether oxygens (including phenoxy) is 2. The summed E-state index contributed by atoms with van der Waals surface area (Å²) in [6.45, 7) is 4.13.